The molecule has 88 valence electrons. The molecule has 0 aliphatic carbocycles. The van der Waals surface area contributed by atoms with E-state index in [4.69, 9.17) is 9.47 Å². The van der Waals surface area contributed by atoms with Crippen LogP contribution in [0, 0.1) is 0 Å². The number of benzene rings is 1. The summed E-state index contributed by atoms with van der Waals surface area (Å²) in [5.41, 5.74) is 1.05. The van der Waals surface area contributed by atoms with Gasteiger partial charge in [0.05, 0.1) is 19.8 Å². The zero-order valence-corrected chi connectivity index (χ0v) is 9.63. The first-order valence-electron chi connectivity index (χ1n) is 5.45. The van der Waals surface area contributed by atoms with Gasteiger partial charge in [-0.2, -0.15) is 0 Å². The van der Waals surface area contributed by atoms with Gasteiger partial charge in [0.25, 0.3) is 0 Å². The minimum Gasteiger partial charge on any atom is -0.497 e. The van der Waals surface area contributed by atoms with Crippen LogP contribution in [0.25, 0.3) is 6.08 Å². The summed E-state index contributed by atoms with van der Waals surface area (Å²) in [6, 6.07) is 7.70. The van der Waals surface area contributed by atoms with Crippen LogP contribution in [0.3, 0.4) is 0 Å². The molecule has 0 saturated carbocycles. The molecule has 1 aliphatic rings. The maximum absolute atomic E-state index is 11.2. The average molecular weight is 230 g/mol. The third-order valence-electron chi connectivity index (χ3n) is 2.53. The number of hydrogen-bond acceptors (Lipinski definition) is 3. The molecule has 0 spiro atoms. The SMILES string of the molecule is COc1ccc(/C=C/C2CC(=O)C=CO2)cc1. The molecule has 1 aromatic carbocycles. The normalized spacial score (nSPS) is 19.4. The molecule has 17 heavy (non-hydrogen) atoms. The van der Waals surface area contributed by atoms with Crippen LogP contribution >= 0.6 is 0 Å². The highest BCUT2D eigenvalue weighted by Gasteiger charge is 2.12. The fraction of sp³-hybridized carbons (Fsp3) is 0.214. The zero-order chi connectivity index (χ0) is 12.1. The standard InChI is InChI=1S/C14H14O3/c1-16-13-5-2-11(3-6-13)4-7-14-10-12(15)8-9-17-14/h2-9,14H,10H2,1H3/b7-4+. The first kappa shape index (κ1) is 11.5. The average Bonchev–Trinajstić information content (AvgIpc) is 2.37. The summed E-state index contributed by atoms with van der Waals surface area (Å²) in [4.78, 5) is 11.2. The molecule has 0 N–H and O–H groups in total. The third kappa shape index (κ3) is 3.21. The quantitative estimate of drug-likeness (QED) is 0.800. The monoisotopic (exact) mass is 230 g/mol. The van der Waals surface area contributed by atoms with Gasteiger partial charge in [-0.3, -0.25) is 4.79 Å². The second-order valence-corrected chi connectivity index (χ2v) is 3.78. The summed E-state index contributed by atoms with van der Waals surface area (Å²) in [5.74, 6) is 0.926. The van der Waals surface area contributed by atoms with E-state index in [-0.39, 0.29) is 11.9 Å². The first-order chi connectivity index (χ1) is 8.28. The van der Waals surface area contributed by atoms with Crippen molar-refractivity contribution in [1.29, 1.82) is 0 Å². The van der Waals surface area contributed by atoms with Gasteiger partial charge in [-0.15, -0.1) is 0 Å². The summed E-state index contributed by atoms with van der Waals surface area (Å²) >= 11 is 0. The molecular weight excluding hydrogens is 216 g/mol. The van der Waals surface area contributed by atoms with Gasteiger partial charge in [0, 0.05) is 6.08 Å². The van der Waals surface area contributed by atoms with Gasteiger partial charge in [0.2, 0.25) is 0 Å². The number of allylic oxidation sites excluding steroid dienone is 1. The van der Waals surface area contributed by atoms with Crippen molar-refractivity contribution in [3.05, 3.63) is 48.2 Å². The second kappa shape index (κ2) is 5.34. The molecule has 1 heterocycles. The molecule has 1 aromatic rings. The maximum Gasteiger partial charge on any atom is 0.162 e. The lowest BCUT2D eigenvalue weighted by molar-refractivity contribution is -0.117. The van der Waals surface area contributed by atoms with Crippen molar-refractivity contribution in [2.45, 2.75) is 12.5 Å². The van der Waals surface area contributed by atoms with Crippen molar-refractivity contribution < 1.29 is 14.3 Å². The Bertz CT molecular complexity index is 443. The second-order valence-electron chi connectivity index (χ2n) is 3.78. The largest absolute Gasteiger partial charge is 0.497 e. The van der Waals surface area contributed by atoms with Crippen LogP contribution in [-0.2, 0) is 9.53 Å². The van der Waals surface area contributed by atoms with Crippen molar-refractivity contribution >= 4 is 11.9 Å². The lowest BCUT2D eigenvalue weighted by atomic mass is 10.1. The van der Waals surface area contributed by atoms with E-state index < -0.39 is 0 Å². The molecule has 1 unspecified atom stereocenters. The fourth-order valence-corrected chi connectivity index (χ4v) is 1.58. The maximum atomic E-state index is 11.2. The fourth-order valence-electron chi connectivity index (χ4n) is 1.58. The van der Waals surface area contributed by atoms with Crippen LogP contribution in [0.5, 0.6) is 5.75 Å². The number of methoxy groups -OCH3 is 1. The van der Waals surface area contributed by atoms with Gasteiger partial charge in [-0.1, -0.05) is 18.2 Å². The molecule has 2 rings (SSSR count). The molecule has 3 heteroatoms. The van der Waals surface area contributed by atoms with Crippen LogP contribution in [0.2, 0.25) is 0 Å². The molecule has 0 aromatic heterocycles. The Morgan fingerprint density at radius 2 is 2.12 bits per heavy atom. The number of rotatable bonds is 3. The Hall–Kier alpha value is -2.03. The Balaban J connectivity index is 1.99. The molecule has 0 amide bonds. The molecule has 0 fully saturated rings. The number of hydrogen-bond donors (Lipinski definition) is 0. The number of ketones is 1. The molecule has 1 atom stereocenters. The molecule has 1 aliphatic heterocycles. The highest BCUT2D eigenvalue weighted by Crippen LogP contribution is 2.14. The third-order valence-corrected chi connectivity index (χ3v) is 2.53. The zero-order valence-electron chi connectivity index (χ0n) is 9.63. The summed E-state index contributed by atoms with van der Waals surface area (Å²) in [6.07, 6.45) is 6.99. The van der Waals surface area contributed by atoms with Crippen molar-refractivity contribution in [3.63, 3.8) is 0 Å². The van der Waals surface area contributed by atoms with E-state index in [0.29, 0.717) is 6.42 Å². The minimum atomic E-state index is -0.158. The first-order valence-corrected chi connectivity index (χ1v) is 5.45. The predicted molar refractivity (Wildman–Crippen MR) is 65.7 cm³/mol. The van der Waals surface area contributed by atoms with E-state index in [1.54, 1.807) is 7.11 Å². The van der Waals surface area contributed by atoms with Gasteiger partial charge >= 0.3 is 0 Å². The van der Waals surface area contributed by atoms with Gasteiger partial charge < -0.3 is 9.47 Å². The van der Waals surface area contributed by atoms with Crippen molar-refractivity contribution in [2.24, 2.45) is 0 Å². The van der Waals surface area contributed by atoms with Crippen molar-refractivity contribution in [2.75, 3.05) is 7.11 Å². The highest BCUT2D eigenvalue weighted by molar-refractivity contribution is 5.90. The van der Waals surface area contributed by atoms with Gasteiger partial charge in [0.15, 0.2) is 5.78 Å². The van der Waals surface area contributed by atoms with E-state index in [2.05, 4.69) is 0 Å². The summed E-state index contributed by atoms with van der Waals surface area (Å²) in [6.45, 7) is 0. The Morgan fingerprint density at radius 1 is 1.35 bits per heavy atom. The van der Waals surface area contributed by atoms with Crippen LogP contribution < -0.4 is 4.74 Å². The van der Waals surface area contributed by atoms with Crippen LogP contribution in [0.15, 0.2) is 42.7 Å². The number of carbonyl (C=O) groups is 1. The summed E-state index contributed by atoms with van der Waals surface area (Å²) in [7, 11) is 1.64. The van der Waals surface area contributed by atoms with Crippen LogP contribution in [0.1, 0.15) is 12.0 Å². The van der Waals surface area contributed by atoms with Gasteiger partial charge in [-0.05, 0) is 23.8 Å². The summed E-state index contributed by atoms with van der Waals surface area (Å²) in [5, 5.41) is 0. The Morgan fingerprint density at radius 3 is 2.76 bits per heavy atom. The lowest BCUT2D eigenvalue weighted by Crippen LogP contribution is -2.15. The van der Waals surface area contributed by atoms with Crippen molar-refractivity contribution in [3.8, 4) is 5.75 Å². The number of carbonyl (C=O) groups excluding carboxylic acids is 1. The minimum absolute atomic E-state index is 0.0978. The van der Waals surface area contributed by atoms with E-state index in [9.17, 15) is 4.79 Å². The molecule has 3 nitrogen and oxygen atoms in total. The van der Waals surface area contributed by atoms with Crippen molar-refractivity contribution in [1.82, 2.24) is 0 Å². The molecule has 0 bridgehead atoms. The van der Waals surface area contributed by atoms with E-state index in [0.717, 1.165) is 11.3 Å². The predicted octanol–water partition coefficient (Wildman–Crippen LogP) is 2.58. The van der Waals surface area contributed by atoms with Gasteiger partial charge in [0.1, 0.15) is 11.9 Å². The molecule has 0 saturated heterocycles. The van der Waals surface area contributed by atoms with Gasteiger partial charge in [-0.25, -0.2) is 0 Å². The number of ether oxygens (including phenoxy) is 2. The topological polar surface area (TPSA) is 35.5 Å². The summed E-state index contributed by atoms with van der Waals surface area (Å²) < 4.78 is 10.4. The van der Waals surface area contributed by atoms with Crippen LogP contribution in [0.4, 0.5) is 0 Å². The van der Waals surface area contributed by atoms with E-state index in [1.807, 2.05) is 36.4 Å². The lowest BCUT2D eigenvalue weighted by Gasteiger charge is -2.14. The smallest absolute Gasteiger partial charge is 0.162 e. The Kier molecular flexibility index (Phi) is 3.60. The highest BCUT2D eigenvalue weighted by atomic mass is 16.5. The molecular formula is C14H14O3. The Labute approximate surface area is 100 Å². The van der Waals surface area contributed by atoms with E-state index >= 15 is 0 Å². The van der Waals surface area contributed by atoms with Crippen LogP contribution in [-0.4, -0.2) is 19.0 Å². The molecule has 0 radical (unpaired) electrons. The van der Waals surface area contributed by atoms with E-state index in [1.165, 1.54) is 12.3 Å².